The number of halogens is 2. The van der Waals surface area contributed by atoms with E-state index in [-0.39, 0.29) is 12.0 Å². The van der Waals surface area contributed by atoms with E-state index in [2.05, 4.69) is 5.32 Å². The zero-order valence-electron chi connectivity index (χ0n) is 11.0. The maximum Gasteiger partial charge on any atom is 0.341 e. The van der Waals surface area contributed by atoms with E-state index < -0.39 is 26.5 Å². The summed E-state index contributed by atoms with van der Waals surface area (Å²) in [5, 5.41) is 12.0. The number of anilines is 1. The number of sulfone groups is 1. The maximum atomic E-state index is 12.4. The Morgan fingerprint density at radius 1 is 1.24 bits per heavy atom. The van der Waals surface area contributed by atoms with Crippen LogP contribution in [-0.2, 0) is 14.6 Å². The molecular formula is C13H15F2NO4S. The van der Waals surface area contributed by atoms with Crippen molar-refractivity contribution < 1.29 is 27.1 Å². The summed E-state index contributed by atoms with van der Waals surface area (Å²) < 4.78 is 47.3. The lowest BCUT2D eigenvalue weighted by Gasteiger charge is -2.14. The van der Waals surface area contributed by atoms with Crippen molar-refractivity contribution in [2.75, 3.05) is 5.32 Å². The van der Waals surface area contributed by atoms with Crippen molar-refractivity contribution in [2.45, 2.75) is 36.0 Å². The molecule has 2 unspecified atom stereocenters. The largest absolute Gasteiger partial charge is 0.481 e. The van der Waals surface area contributed by atoms with Crippen molar-refractivity contribution in [3.63, 3.8) is 0 Å². The van der Waals surface area contributed by atoms with Crippen LogP contribution >= 0.6 is 0 Å². The number of aliphatic carboxylic acids is 1. The third kappa shape index (κ3) is 3.49. The van der Waals surface area contributed by atoms with Crippen LogP contribution < -0.4 is 5.32 Å². The van der Waals surface area contributed by atoms with Crippen LogP contribution in [0.4, 0.5) is 14.5 Å². The molecule has 1 fully saturated rings. The summed E-state index contributed by atoms with van der Waals surface area (Å²) in [4.78, 5) is 10.4. The smallest absolute Gasteiger partial charge is 0.341 e. The monoisotopic (exact) mass is 319 g/mol. The van der Waals surface area contributed by atoms with Gasteiger partial charge in [-0.3, -0.25) is 4.79 Å². The number of benzene rings is 1. The second-order valence-corrected chi connectivity index (χ2v) is 6.94. The van der Waals surface area contributed by atoms with Crippen molar-refractivity contribution in [3.05, 3.63) is 24.3 Å². The molecule has 0 amide bonds. The van der Waals surface area contributed by atoms with Gasteiger partial charge < -0.3 is 10.4 Å². The van der Waals surface area contributed by atoms with Crippen molar-refractivity contribution >= 4 is 21.5 Å². The SMILES string of the molecule is O=C(O)C1CCC(Nc2ccc(S(=O)(=O)C(F)F)cc2)C1. The maximum absolute atomic E-state index is 12.4. The molecule has 0 heterocycles. The predicted molar refractivity (Wildman–Crippen MR) is 72.0 cm³/mol. The molecule has 0 aromatic heterocycles. The van der Waals surface area contributed by atoms with Gasteiger partial charge in [-0.2, -0.15) is 8.78 Å². The zero-order chi connectivity index (χ0) is 15.6. The average Bonchev–Trinajstić information content (AvgIpc) is 2.88. The van der Waals surface area contributed by atoms with Gasteiger partial charge in [0.25, 0.3) is 0 Å². The Morgan fingerprint density at radius 3 is 2.33 bits per heavy atom. The topological polar surface area (TPSA) is 83.5 Å². The van der Waals surface area contributed by atoms with Gasteiger partial charge >= 0.3 is 11.7 Å². The lowest BCUT2D eigenvalue weighted by molar-refractivity contribution is -0.141. The molecule has 1 saturated carbocycles. The molecule has 0 bridgehead atoms. The number of nitrogens with one attached hydrogen (secondary N) is 1. The number of carbonyl (C=O) groups is 1. The van der Waals surface area contributed by atoms with Crippen molar-refractivity contribution in [2.24, 2.45) is 5.92 Å². The Hall–Kier alpha value is -1.70. The van der Waals surface area contributed by atoms with Crippen molar-refractivity contribution in [1.29, 1.82) is 0 Å². The van der Waals surface area contributed by atoms with Crippen LogP contribution in [0.5, 0.6) is 0 Å². The van der Waals surface area contributed by atoms with Gasteiger partial charge in [-0.15, -0.1) is 0 Å². The Balaban J connectivity index is 2.03. The van der Waals surface area contributed by atoms with Crippen LogP contribution in [0.1, 0.15) is 19.3 Å². The van der Waals surface area contributed by atoms with Gasteiger partial charge in [-0.25, -0.2) is 8.42 Å². The summed E-state index contributed by atoms with van der Waals surface area (Å²) in [6.45, 7) is 0. The first kappa shape index (κ1) is 15.7. The standard InChI is InChI=1S/C13H15F2NO4S/c14-13(15)21(19,20)11-5-3-9(4-6-11)16-10-2-1-8(7-10)12(17)18/h3-6,8,10,13,16H,1-2,7H2,(H,17,18). The van der Waals surface area contributed by atoms with Gasteiger partial charge in [0.05, 0.1) is 10.8 Å². The zero-order valence-corrected chi connectivity index (χ0v) is 11.8. The van der Waals surface area contributed by atoms with Crippen molar-refractivity contribution in [1.82, 2.24) is 0 Å². The van der Waals surface area contributed by atoms with Crippen LogP contribution in [0.25, 0.3) is 0 Å². The Bertz CT molecular complexity index is 616. The fourth-order valence-electron chi connectivity index (χ4n) is 2.42. The van der Waals surface area contributed by atoms with Crippen LogP contribution in [0.2, 0.25) is 0 Å². The highest BCUT2D eigenvalue weighted by Crippen LogP contribution is 2.29. The second-order valence-electron chi connectivity index (χ2n) is 5.02. The van der Waals surface area contributed by atoms with Crippen LogP contribution in [0.15, 0.2) is 29.2 Å². The van der Waals surface area contributed by atoms with Gasteiger partial charge in [-0.1, -0.05) is 0 Å². The summed E-state index contributed by atoms with van der Waals surface area (Å²) in [6, 6.07) is 5.04. The number of hydrogen-bond acceptors (Lipinski definition) is 4. The number of rotatable bonds is 5. The van der Waals surface area contributed by atoms with E-state index in [1.165, 1.54) is 12.1 Å². The molecule has 1 aliphatic carbocycles. The molecule has 2 N–H and O–H groups in total. The van der Waals surface area contributed by atoms with E-state index >= 15 is 0 Å². The number of carboxylic acid groups (broad SMARTS) is 1. The Labute approximate surface area is 120 Å². The molecular weight excluding hydrogens is 304 g/mol. The van der Waals surface area contributed by atoms with E-state index in [0.29, 0.717) is 24.9 Å². The summed E-state index contributed by atoms with van der Waals surface area (Å²) in [6.07, 6.45) is 1.78. The average molecular weight is 319 g/mol. The number of alkyl halides is 2. The molecule has 116 valence electrons. The minimum absolute atomic E-state index is 0.0105. The molecule has 1 aromatic carbocycles. The first-order valence-corrected chi connectivity index (χ1v) is 7.97. The normalized spacial score (nSPS) is 22.4. The Kier molecular flexibility index (Phi) is 4.46. The fourth-order valence-corrected chi connectivity index (χ4v) is 3.14. The molecule has 21 heavy (non-hydrogen) atoms. The van der Waals surface area contributed by atoms with E-state index in [4.69, 9.17) is 5.11 Å². The minimum atomic E-state index is -4.58. The molecule has 0 saturated heterocycles. The number of carboxylic acids is 1. The highest BCUT2D eigenvalue weighted by molar-refractivity contribution is 7.91. The van der Waals surface area contributed by atoms with Gasteiger partial charge in [-0.05, 0) is 43.5 Å². The molecule has 0 radical (unpaired) electrons. The van der Waals surface area contributed by atoms with Gasteiger partial charge in [0.1, 0.15) is 0 Å². The quantitative estimate of drug-likeness (QED) is 0.870. The Morgan fingerprint density at radius 2 is 1.86 bits per heavy atom. The van der Waals surface area contributed by atoms with E-state index in [0.717, 1.165) is 12.1 Å². The first-order chi connectivity index (χ1) is 9.80. The lowest BCUT2D eigenvalue weighted by Crippen LogP contribution is -2.18. The number of hydrogen-bond donors (Lipinski definition) is 2. The highest BCUT2D eigenvalue weighted by Gasteiger charge is 2.30. The fraction of sp³-hybridized carbons (Fsp3) is 0.462. The summed E-state index contributed by atoms with van der Waals surface area (Å²) >= 11 is 0. The summed E-state index contributed by atoms with van der Waals surface area (Å²) in [7, 11) is -4.58. The van der Waals surface area contributed by atoms with Crippen LogP contribution in [0, 0.1) is 5.92 Å². The van der Waals surface area contributed by atoms with Gasteiger partial charge in [0, 0.05) is 11.7 Å². The second kappa shape index (κ2) is 5.97. The van der Waals surface area contributed by atoms with Crippen LogP contribution in [0.3, 0.4) is 0 Å². The van der Waals surface area contributed by atoms with E-state index in [1.54, 1.807) is 0 Å². The predicted octanol–water partition coefficient (Wildman–Crippen LogP) is 2.35. The van der Waals surface area contributed by atoms with Gasteiger partial charge in [0.2, 0.25) is 9.84 Å². The summed E-state index contributed by atoms with van der Waals surface area (Å²) in [5.41, 5.74) is 0.583. The molecule has 0 aliphatic heterocycles. The summed E-state index contributed by atoms with van der Waals surface area (Å²) in [5.74, 6) is -4.64. The lowest BCUT2D eigenvalue weighted by atomic mass is 10.1. The van der Waals surface area contributed by atoms with Crippen molar-refractivity contribution in [3.8, 4) is 0 Å². The molecule has 2 atom stereocenters. The highest BCUT2D eigenvalue weighted by atomic mass is 32.2. The van der Waals surface area contributed by atoms with E-state index in [9.17, 15) is 22.0 Å². The molecule has 8 heteroatoms. The molecule has 1 aliphatic rings. The first-order valence-electron chi connectivity index (χ1n) is 6.42. The van der Waals surface area contributed by atoms with E-state index in [1.807, 2.05) is 0 Å². The molecule has 5 nitrogen and oxygen atoms in total. The van der Waals surface area contributed by atoms with Crippen LogP contribution in [-0.4, -0.2) is 31.3 Å². The third-order valence-corrected chi connectivity index (χ3v) is 4.97. The molecule has 2 rings (SSSR count). The van der Waals surface area contributed by atoms with Gasteiger partial charge in [0.15, 0.2) is 0 Å². The molecule has 0 spiro atoms. The third-order valence-electron chi connectivity index (χ3n) is 3.57. The minimum Gasteiger partial charge on any atom is -0.481 e. The molecule has 1 aromatic rings.